The lowest BCUT2D eigenvalue weighted by Crippen LogP contribution is -2.21. The highest BCUT2D eigenvalue weighted by molar-refractivity contribution is 7.21. The third-order valence-electron chi connectivity index (χ3n) is 10.6. The molecule has 2 N–H and O–H groups in total. The van der Waals surface area contributed by atoms with Gasteiger partial charge in [-0.05, 0) is 54.6 Å². The SMILES string of the molecule is C1=CC2=C(c3nc(-c4ccc5ccccc5n4)c4ccc(-c5nc6ccccc6[nH]5)c(-c5nc6ccccc6s5)c4c3-c3ncc4[nH]cnc4n3)C=CCN2C=C1. The summed E-state index contributed by atoms with van der Waals surface area (Å²) in [6.07, 6.45) is 16.1. The number of pyridine rings is 2. The Balaban J connectivity index is 1.30. The largest absolute Gasteiger partial charge is 0.344 e. The van der Waals surface area contributed by atoms with Crippen molar-refractivity contribution in [2.45, 2.75) is 0 Å². The Morgan fingerprint density at radius 1 is 0.667 bits per heavy atom. The number of rotatable bonds is 5. The van der Waals surface area contributed by atoms with Gasteiger partial charge in [0, 0.05) is 45.6 Å². The number of hydrogen-bond acceptors (Lipinski definition) is 9. The second-order valence-electron chi connectivity index (χ2n) is 14.0. The quantitative estimate of drug-likeness (QED) is 0.178. The normalized spacial score (nSPS) is 13.9. The molecule has 4 aromatic carbocycles. The van der Waals surface area contributed by atoms with Gasteiger partial charge in [0.05, 0.1) is 67.6 Å². The minimum Gasteiger partial charge on any atom is -0.344 e. The van der Waals surface area contributed by atoms with E-state index in [1.54, 1.807) is 23.9 Å². The van der Waals surface area contributed by atoms with Crippen LogP contribution in [0.4, 0.5) is 0 Å². The second kappa shape index (κ2) is 12.4. The van der Waals surface area contributed by atoms with E-state index in [0.717, 1.165) is 111 Å². The summed E-state index contributed by atoms with van der Waals surface area (Å²) in [6.45, 7) is 0.741. The molecule has 0 bridgehead atoms. The molecule has 0 saturated heterocycles. The van der Waals surface area contributed by atoms with Gasteiger partial charge in [0.25, 0.3) is 0 Å². The van der Waals surface area contributed by atoms with Crippen molar-refractivity contribution in [1.82, 2.24) is 49.8 Å². The molecular weight excluding hydrogens is 725 g/mol. The first-order chi connectivity index (χ1) is 28.2. The van der Waals surface area contributed by atoms with Crippen molar-refractivity contribution >= 4 is 71.0 Å². The second-order valence-corrected chi connectivity index (χ2v) is 15.0. The zero-order valence-electron chi connectivity index (χ0n) is 30.0. The van der Waals surface area contributed by atoms with Crippen LogP contribution in [0.3, 0.4) is 0 Å². The Kier molecular flexibility index (Phi) is 6.92. The molecule has 10 aromatic rings. The first-order valence-electron chi connectivity index (χ1n) is 18.6. The number of nitrogens with zero attached hydrogens (tertiary/aromatic N) is 8. The van der Waals surface area contributed by atoms with Crippen LogP contribution in [0, 0.1) is 0 Å². The van der Waals surface area contributed by atoms with Crippen LogP contribution in [0.5, 0.6) is 0 Å². The van der Waals surface area contributed by atoms with Crippen LogP contribution >= 0.6 is 11.3 Å². The predicted octanol–water partition coefficient (Wildman–Crippen LogP) is 10.3. The number of fused-ring (bicyclic) bond motifs is 6. The van der Waals surface area contributed by atoms with E-state index >= 15 is 0 Å². The average molecular weight is 753 g/mol. The van der Waals surface area contributed by atoms with E-state index in [-0.39, 0.29) is 0 Å². The van der Waals surface area contributed by atoms with Crippen LogP contribution in [-0.2, 0) is 0 Å². The fourth-order valence-electron chi connectivity index (χ4n) is 8.00. The number of benzene rings is 4. The van der Waals surface area contributed by atoms with E-state index in [9.17, 15) is 0 Å². The molecule has 0 atom stereocenters. The maximum atomic E-state index is 5.65. The molecule has 2 aliphatic rings. The lowest BCUT2D eigenvalue weighted by molar-refractivity contribution is 0.526. The molecule has 0 spiro atoms. The molecule has 8 heterocycles. The molecule has 11 heteroatoms. The monoisotopic (exact) mass is 752 g/mol. The smallest absolute Gasteiger partial charge is 0.181 e. The lowest BCUT2D eigenvalue weighted by Gasteiger charge is -2.29. The number of thiazole rings is 1. The zero-order chi connectivity index (χ0) is 37.5. The van der Waals surface area contributed by atoms with E-state index in [1.807, 2.05) is 42.5 Å². The number of para-hydroxylation sites is 4. The van der Waals surface area contributed by atoms with E-state index in [4.69, 9.17) is 29.9 Å². The lowest BCUT2D eigenvalue weighted by atomic mass is 9.89. The van der Waals surface area contributed by atoms with Crippen LogP contribution in [0.1, 0.15) is 5.69 Å². The fourth-order valence-corrected chi connectivity index (χ4v) is 9.03. The van der Waals surface area contributed by atoms with Gasteiger partial charge in [0.1, 0.15) is 16.3 Å². The summed E-state index contributed by atoms with van der Waals surface area (Å²) in [7, 11) is 0. The summed E-state index contributed by atoms with van der Waals surface area (Å²) in [5, 5.41) is 3.68. The van der Waals surface area contributed by atoms with Crippen LogP contribution in [0.25, 0.3) is 104 Å². The number of H-pyrrole nitrogens is 2. The standard InChI is InChI=1S/C46H28N10S/c1-2-12-30-26(10-1)18-21-34(50-30)41-28-19-20-29(43-51-31-13-3-4-14-32(31)52-43)39(46-53-33-15-5-6-17-37(33)57-46)38(28)40(45-47-24-35-44(55-45)49-25-48-35)42(54-41)27-11-9-23-56-22-8-7-16-36(27)56/h1-22,24-25H,23H2,(H,51,52)(H,47,48,49,55). The summed E-state index contributed by atoms with van der Waals surface area (Å²) < 4.78 is 1.08. The highest BCUT2D eigenvalue weighted by Crippen LogP contribution is 2.49. The summed E-state index contributed by atoms with van der Waals surface area (Å²) in [6, 6.07) is 33.0. The van der Waals surface area contributed by atoms with E-state index < -0.39 is 0 Å². The van der Waals surface area contributed by atoms with Gasteiger partial charge < -0.3 is 14.9 Å². The van der Waals surface area contributed by atoms with Crippen molar-refractivity contribution in [3.8, 4) is 44.7 Å². The minimum atomic E-state index is 0.498. The van der Waals surface area contributed by atoms with Crippen LogP contribution in [0.15, 0.2) is 152 Å². The van der Waals surface area contributed by atoms with Gasteiger partial charge in [0.2, 0.25) is 0 Å². The van der Waals surface area contributed by atoms with Gasteiger partial charge in [-0.1, -0.05) is 72.8 Å². The molecule has 0 radical (unpaired) electrons. The molecule has 57 heavy (non-hydrogen) atoms. The summed E-state index contributed by atoms with van der Waals surface area (Å²) in [5.74, 6) is 1.23. The Labute approximate surface area is 328 Å². The zero-order valence-corrected chi connectivity index (χ0v) is 30.9. The van der Waals surface area contributed by atoms with Crippen LogP contribution in [-0.4, -0.2) is 56.3 Å². The van der Waals surface area contributed by atoms with Gasteiger partial charge >= 0.3 is 0 Å². The summed E-state index contributed by atoms with van der Waals surface area (Å²) in [4.78, 5) is 45.1. The first-order valence-corrected chi connectivity index (χ1v) is 19.4. The Morgan fingerprint density at radius 3 is 2.47 bits per heavy atom. The van der Waals surface area contributed by atoms with E-state index in [0.29, 0.717) is 11.5 Å². The maximum absolute atomic E-state index is 5.65. The topological polar surface area (TPSA) is 125 Å². The van der Waals surface area contributed by atoms with E-state index in [1.165, 1.54) is 0 Å². The highest BCUT2D eigenvalue weighted by atomic mass is 32.1. The molecule has 0 aliphatic carbocycles. The third-order valence-corrected chi connectivity index (χ3v) is 11.7. The number of allylic oxidation sites excluding steroid dienone is 5. The molecule has 2 aliphatic heterocycles. The van der Waals surface area contributed by atoms with Gasteiger partial charge in [-0.3, -0.25) is 0 Å². The van der Waals surface area contributed by atoms with Crippen molar-refractivity contribution in [3.05, 3.63) is 158 Å². The van der Waals surface area contributed by atoms with Crippen molar-refractivity contribution in [3.63, 3.8) is 0 Å². The van der Waals surface area contributed by atoms with Crippen molar-refractivity contribution in [2.75, 3.05) is 6.54 Å². The number of aromatic nitrogens is 9. The molecule has 0 unspecified atom stereocenters. The van der Waals surface area contributed by atoms with Gasteiger partial charge in [0.15, 0.2) is 11.5 Å². The maximum Gasteiger partial charge on any atom is 0.181 e. The Morgan fingerprint density at radius 2 is 1.54 bits per heavy atom. The van der Waals surface area contributed by atoms with Crippen molar-refractivity contribution < 1.29 is 0 Å². The molecular formula is C46H28N10S. The summed E-state index contributed by atoms with van der Waals surface area (Å²) in [5.41, 5.74) is 11.7. The molecule has 0 amide bonds. The highest BCUT2D eigenvalue weighted by Gasteiger charge is 2.30. The molecule has 6 aromatic heterocycles. The van der Waals surface area contributed by atoms with Crippen molar-refractivity contribution in [2.24, 2.45) is 0 Å². The molecule has 268 valence electrons. The van der Waals surface area contributed by atoms with Gasteiger partial charge in [-0.25, -0.2) is 34.9 Å². The molecule has 10 nitrogen and oxygen atoms in total. The van der Waals surface area contributed by atoms with E-state index in [2.05, 4.69) is 111 Å². The van der Waals surface area contributed by atoms with Crippen LogP contribution < -0.4 is 0 Å². The third kappa shape index (κ3) is 5.06. The molecule has 12 rings (SSSR count). The molecule has 0 saturated carbocycles. The molecule has 0 fully saturated rings. The van der Waals surface area contributed by atoms with Crippen molar-refractivity contribution in [1.29, 1.82) is 0 Å². The van der Waals surface area contributed by atoms with Crippen LogP contribution in [0.2, 0.25) is 0 Å². The predicted molar refractivity (Wildman–Crippen MR) is 228 cm³/mol. The average Bonchev–Trinajstić information content (AvgIpc) is 4.03. The Bertz CT molecular complexity index is 3350. The number of hydrogen-bond donors (Lipinski definition) is 2. The minimum absolute atomic E-state index is 0.498. The number of imidazole rings is 2. The van der Waals surface area contributed by atoms with Gasteiger partial charge in [-0.2, -0.15) is 0 Å². The number of nitrogens with one attached hydrogen (secondary N) is 2. The summed E-state index contributed by atoms with van der Waals surface area (Å²) >= 11 is 1.65. The Hall–Kier alpha value is -7.63. The first kappa shape index (κ1) is 31.7. The number of aromatic amines is 2. The van der Waals surface area contributed by atoms with Gasteiger partial charge in [-0.15, -0.1) is 11.3 Å². The fraction of sp³-hybridized carbons (Fsp3) is 0.0217.